The summed E-state index contributed by atoms with van der Waals surface area (Å²) in [6, 6.07) is 2.28. The molecule has 1 amide bonds. The fourth-order valence-corrected chi connectivity index (χ4v) is 2.94. The molecule has 1 aliphatic rings. The van der Waals surface area contributed by atoms with Gasteiger partial charge in [-0.2, -0.15) is 5.26 Å². The zero-order valence-corrected chi connectivity index (χ0v) is 15.7. The highest BCUT2D eigenvalue weighted by atomic mass is 16.7. The Bertz CT molecular complexity index is 732. The average molecular weight is 328 g/mol. The lowest BCUT2D eigenvalue weighted by atomic mass is 9.71. The van der Waals surface area contributed by atoms with Crippen LogP contribution in [0.5, 0.6) is 0 Å². The van der Waals surface area contributed by atoms with Gasteiger partial charge in [0.1, 0.15) is 0 Å². The monoisotopic (exact) mass is 328 g/mol. The van der Waals surface area contributed by atoms with E-state index >= 15 is 0 Å². The van der Waals surface area contributed by atoms with Crippen LogP contribution in [0.3, 0.4) is 0 Å². The summed E-state index contributed by atoms with van der Waals surface area (Å²) in [4.78, 5) is 11.6. The van der Waals surface area contributed by atoms with E-state index in [1.54, 1.807) is 0 Å². The SMILES string of the molecule is CC(=O)Nc1c(C)c(C)c(C#N)c(B2OC(C)(C)C(C)(C)O2)c1C. The molecule has 0 unspecified atom stereocenters. The van der Waals surface area contributed by atoms with E-state index in [9.17, 15) is 10.1 Å². The molecule has 1 aromatic rings. The van der Waals surface area contributed by atoms with E-state index in [0.717, 1.165) is 22.4 Å². The molecular weight excluding hydrogens is 303 g/mol. The third kappa shape index (κ3) is 2.83. The van der Waals surface area contributed by atoms with Crippen molar-refractivity contribution in [2.75, 3.05) is 5.32 Å². The van der Waals surface area contributed by atoms with E-state index in [4.69, 9.17) is 9.31 Å². The Balaban J connectivity index is 2.69. The lowest BCUT2D eigenvalue weighted by molar-refractivity contribution is -0.114. The lowest BCUT2D eigenvalue weighted by Crippen LogP contribution is -2.41. The third-order valence-corrected chi connectivity index (χ3v) is 5.26. The minimum absolute atomic E-state index is 0.148. The van der Waals surface area contributed by atoms with Crippen LogP contribution in [0.15, 0.2) is 0 Å². The van der Waals surface area contributed by atoms with Crippen molar-refractivity contribution in [3.8, 4) is 6.07 Å². The Morgan fingerprint density at radius 3 is 1.96 bits per heavy atom. The number of nitrogens with one attached hydrogen (secondary N) is 1. The highest BCUT2D eigenvalue weighted by molar-refractivity contribution is 6.63. The van der Waals surface area contributed by atoms with E-state index in [2.05, 4.69) is 11.4 Å². The Morgan fingerprint density at radius 2 is 1.54 bits per heavy atom. The maximum atomic E-state index is 11.6. The highest BCUT2D eigenvalue weighted by Crippen LogP contribution is 2.38. The molecule has 6 heteroatoms. The van der Waals surface area contributed by atoms with Gasteiger partial charge in [0, 0.05) is 18.1 Å². The molecular formula is C18H25BN2O3. The van der Waals surface area contributed by atoms with Crippen molar-refractivity contribution < 1.29 is 14.1 Å². The van der Waals surface area contributed by atoms with Crippen molar-refractivity contribution in [1.29, 1.82) is 5.26 Å². The molecule has 0 atom stereocenters. The maximum Gasteiger partial charge on any atom is 0.496 e. The molecule has 1 fully saturated rings. The van der Waals surface area contributed by atoms with Crippen molar-refractivity contribution in [2.45, 2.75) is 66.6 Å². The van der Waals surface area contributed by atoms with E-state index in [-0.39, 0.29) is 5.91 Å². The molecule has 2 rings (SSSR count). The molecule has 1 aliphatic heterocycles. The van der Waals surface area contributed by atoms with Gasteiger partial charge in [-0.25, -0.2) is 0 Å². The third-order valence-electron chi connectivity index (χ3n) is 5.26. The number of nitriles is 1. The van der Waals surface area contributed by atoms with Crippen LogP contribution in [0.2, 0.25) is 0 Å². The summed E-state index contributed by atoms with van der Waals surface area (Å²) in [7, 11) is -0.642. The Hall–Kier alpha value is -1.84. The number of anilines is 1. The number of hydrogen-bond acceptors (Lipinski definition) is 4. The van der Waals surface area contributed by atoms with E-state index in [0.29, 0.717) is 11.0 Å². The van der Waals surface area contributed by atoms with Crippen molar-refractivity contribution in [1.82, 2.24) is 0 Å². The smallest absolute Gasteiger partial charge is 0.399 e. The molecule has 24 heavy (non-hydrogen) atoms. The molecule has 1 N–H and O–H groups in total. The largest absolute Gasteiger partial charge is 0.496 e. The van der Waals surface area contributed by atoms with Crippen LogP contribution in [0.4, 0.5) is 5.69 Å². The van der Waals surface area contributed by atoms with Crippen LogP contribution in [0.1, 0.15) is 56.9 Å². The van der Waals surface area contributed by atoms with Crippen LogP contribution < -0.4 is 10.8 Å². The molecule has 5 nitrogen and oxygen atoms in total. The first-order chi connectivity index (χ1) is 10.9. The summed E-state index contributed by atoms with van der Waals surface area (Å²) in [5.74, 6) is -0.148. The second-order valence-electron chi connectivity index (χ2n) is 7.42. The van der Waals surface area contributed by atoms with Gasteiger partial charge in [-0.05, 0) is 65.2 Å². The summed E-state index contributed by atoms with van der Waals surface area (Å²) < 4.78 is 12.3. The molecule has 0 bridgehead atoms. The second kappa shape index (κ2) is 5.91. The molecule has 0 saturated carbocycles. The number of rotatable bonds is 2. The summed E-state index contributed by atoms with van der Waals surface area (Å²) in [5.41, 5.74) is 3.51. The number of benzene rings is 1. The normalized spacial score (nSPS) is 18.4. The van der Waals surface area contributed by atoms with Gasteiger partial charge in [-0.1, -0.05) is 0 Å². The topological polar surface area (TPSA) is 71.4 Å². The molecule has 0 aromatic heterocycles. The van der Waals surface area contributed by atoms with Gasteiger partial charge in [-0.15, -0.1) is 0 Å². The standard InChI is InChI=1S/C18H25BN2O3/c1-10-11(2)16(21-13(4)22)12(3)15(14(10)9-20)19-23-17(5,6)18(7,8)24-19/h1-8H3,(H,21,22). The number of carbonyl (C=O) groups excluding carboxylic acids is 1. The molecule has 0 radical (unpaired) electrons. The van der Waals surface area contributed by atoms with Gasteiger partial charge >= 0.3 is 7.12 Å². The molecule has 0 spiro atoms. The van der Waals surface area contributed by atoms with Crippen molar-refractivity contribution >= 4 is 24.2 Å². The fraction of sp³-hybridized carbons (Fsp3) is 0.556. The second-order valence-corrected chi connectivity index (χ2v) is 7.42. The first-order valence-electron chi connectivity index (χ1n) is 8.10. The number of hydrogen-bond donors (Lipinski definition) is 1. The van der Waals surface area contributed by atoms with E-state index < -0.39 is 18.3 Å². The van der Waals surface area contributed by atoms with Gasteiger partial charge in [0.2, 0.25) is 5.91 Å². The van der Waals surface area contributed by atoms with Gasteiger partial charge in [0.15, 0.2) is 0 Å². The lowest BCUT2D eigenvalue weighted by Gasteiger charge is -2.32. The Morgan fingerprint density at radius 1 is 1.04 bits per heavy atom. The number of carbonyl (C=O) groups is 1. The number of nitrogens with zero attached hydrogens (tertiary/aromatic N) is 1. The minimum atomic E-state index is -0.642. The molecule has 128 valence electrons. The molecule has 1 saturated heterocycles. The highest BCUT2D eigenvalue weighted by Gasteiger charge is 2.53. The fourth-order valence-electron chi connectivity index (χ4n) is 2.94. The maximum absolute atomic E-state index is 11.6. The number of amides is 1. The molecule has 1 heterocycles. The van der Waals surface area contributed by atoms with E-state index in [1.165, 1.54) is 6.92 Å². The van der Waals surface area contributed by atoms with Crippen molar-refractivity contribution in [2.24, 2.45) is 0 Å². The Labute approximate surface area is 144 Å². The quantitative estimate of drug-likeness (QED) is 0.848. The van der Waals surface area contributed by atoms with Crippen LogP contribution in [-0.2, 0) is 14.1 Å². The van der Waals surface area contributed by atoms with Crippen LogP contribution in [0, 0.1) is 32.1 Å². The predicted octanol–water partition coefficient (Wildman–Crippen LogP) is 2.74. The van der Waals surface area contributed by atoms with Crippen molar-refractivity contribution in [3.05, 3.63) is 22.3 Å². The van der Waals surface area contributed by atoms with Crippen LogP contribution in [0.25, 0.3) is 0 Å². The van der Waals surface area contributed by atoms with E-state index in [1.807, 2.05) is 48.5 Å². The summed E-state index contributed by atoms with van der Waals surface area (Å²) >= 11 is 0. The first-order valence-corrected chi connectivity index (χ1v) is 8.10. The average Bonchev–Trinajstić information content (AvgIpc) is 2.66. The zero-order chi connectivity index (χ0) is 18.4. The van der Waals surface area contributed by atoms with Crippen molar-refractivity contribution in [3.63, 3.8) is 0 Å². The summed E-state index contributed by atoms with van der Waals surface area (Å²) in [6.45, 7) is 15.1. The van der Waals surface area contributed by atoms with Crippen LogP contribution >= 0.6 is 0 Å². The van der Waals surface area contributed by atoms with Crippen LogP contribution in [-0.4, -0.2) is 24.2 Å². The first kappa shape index (κ1) is 18.5. The molecule has 0 aliphatic carbocycles. The molecule has 1 aromatic carbocycles. The summed E-state index contributed by atoms with van der Waals surface area (Å²) in [6.07, 6.45) is 0. The Kier molecular flexibility index (Phi) is 4.56. The van der Waals surface area contributed by atoms with Gasteiger partial charge in [0.05, 0.1) is 22.8 Å². The summed E-state index contributed by atoms with van der Waals surface area (Å²) in [5, 5.41) is 12.6. The zero-order valence-electron chi connectivity index (χ0n) is 15.7. The minimum Gasteiger partial charge on any atom is -0.399 e. The predicted molar refractivity (Wildman–Crippen MR) is 95.4 cm³/mol. The van der Waals surface area contributed by atoms with Gasteiger partial charge in [0.25, 0.3) is 0 Å². The van der Waals surface area contributed by atoms with Gasteiger partial charge < -0.3 is 14.6 Å². The van der Waals surface area contributed by atoms with Gasteiger partial charge in [-0.3, -0.25) is 4.79 Å².